The maximum Gasteiger partial charge on any atom is 0.273 e. The van der Waals surface area contributed by atoms with Gasteiger partial charge in [-0.2, -0.15) is 0 Å². The highest BCUT2D eigenvalue weighted by Crippen LogP contribution is 2.16. The summed E-state index contributed by atoms with van der Waals surface area (Å²) >= 11 is 0. The van der Waals surface area contributed by atoms with Crippen LogP contribution < -0.4 is 16.4 Å². The van der Waals surface area contributed by atoms with Crippen LogP contribution in [-0.4, -0.2) is 47.1 Å². The summed E-state index contributed by atoms with van der Waals surface area (Å²) < 4.78 is 1.82. The average molecular weight is 266 g/mol. The van der Waals surface area contributed by atoms with Crippen LogP contribution >= 0.6 is 0 Å². The lowest BCUT2D eigenvalue weighted by Gasteiger charge is -2.22. The standard InChI is InChI=1S/C12H22N6O/c13-5-1-2-6-15-12(19)11-9-18(17-16-11)10-3-7-14-8-4-10/h9-10,14H,1-8,13H2,(H,15,19). The number of hydrogen-bond donors (Lipinski definition) is 3. The molecule has 0 atom stereocenters. The molecule has 0 aliphatic carbocycles. The summed E-state index contributed by atoms with van der Waals surface area (Å²) in [7, 11) is 0. The van der Waals surface area contributed by atoms with E-state index < -0.39 is 0 Å². The largest absolute Gasteiger partial charge is 0.351 e. The van der Waals surface area contributed by atoms with Crippen molar-refractivity contribution in [3.63, 3.8) is 0 Å². The zero-order chi connectivity index (χ0) is 13.5. The van der Waals surface area contributed by atoms with Crippen molar-refractivity contribution in [3.05, 3.63) is 11.9 Å². The predicted octanol–water partition coefficient (Wildman–Crippen LogP) is -0.329. The molecule has 4 N–H and O–H groups in total. The fraction of sp³-hybridized carbons (Fsp3) is 0.750. The number of piperidine rings is 1. The molecule has 7 nitrogen and oxygen atoms in total. The zero-order valence-corrected chi connectivity index (χ0v) is 11.1. The summed E-state index contributed by atoms with van der Waals surface area (Å²) in [4.78, 5) is 11.8. The maximum absolute atomic E-state index is 11.8. The van der Waals surface area contributed by atoms with Crippen molar-refractivity contribution in [2.24, 2.45) is 5.73 Å². The minimum atomic E-state index is -0.155. The van der Waals surface area contributed by atoms with Gasteiger partial charge < -0.3 is 16.4 Å². The Bertz CT molecular complexity index is 399. The highest BCUT2D eigenvalue weighted by Gasteiger charge is 2.18. The first-order valence-corrected chi connectivity index (χ1v) is 6.92. The number of nitrogens with two attached hydrogens (primary N) is 1. The van der Waals surface area contributed by atoms with E-state index in [2.05, 4.69) is 20.9 Å². The second-order valence-corrected chi connectivity index (χ2v) is 4.82. The van der Waals surface area contributed by atoms with Gasteiger partial charge in [-0.3, -0.25) is 4.79 Å². The summed E-state index contributed by atoms with van der Waals surface area (Å²) in [5, 5.41) is 14.1. The normalized spacial score (nSPS) is 16.5. The molecule has 2 heterocycles. The summed E-state index contributed by atoms with van der Waals surface area (Å²) in [6, 6.07) is 0.354. The first kappa shape index (κ1) is 14.0. The quantitative estimate of drug-likeness (QED) is 0.613. The number of rotatable bonds is 6. The van der Waals surface area contributed by atoms with Crippen LogP contribution in [-0.2, 0) is 0 Å². The number of unbranched alkanes of at least 4 members (excludes halogenated alkanes) is 1. The molecule has 19 heavy (non-hydrogen) atoms. The maximum atomic E-state index is 11.8. The van der Waals surface area contributed by atoms with Crippen molar-refractivity contribution in [1.29, 1.82) is 0 Å². The summed E-state index contributed by atoms with van der Waals surface area (Å²) in [5.41, 5.74) is 5.79. The molecule has 0 bridgehead atoms. The Kier molecular flexibility index (Phi) is 5.29. The number of aromatic nitrogens is 3. The number of nitrogens with one attached hydrogen (secondary N) is 2. The first-order valence-electron chi connectivity index (χ1n) is 6.92. The Morgan fingerprint density at radius 3 is 3.00 bits per heavy atom. The van der Waals surface area contributed by atoms with Crippen molar-refractivity contribution >= 4 is 5.91 Å². The molecular weight excluding hydrogens is 244 g/mol. The first-order chi connectivity index (χ1) is 9.31. The van der Waals surface area contributed by atoms with Gasteiger partial charge in [0.15, 0.2) is 5.69 Å². The second kappa shape index (κ2) is 7.20. The molecule has 0 spiro atoms. The third-order valence-corrected chi connectivity index (χ3v) is 3.34. The number of nitrogens with zero attached hydrogens (tertiary/aromatic N) is 3. The van der Waals surface area contributed by atoms with E-state index in [1.54, 1.807) is 6.20 Å². The van der Waals surface area contributed by atoms with Crippen molar-refractivity contribution < 1.29 is 4.79 Å². The van der Waals surface area contributed by atoms with Gasteiger partial charge >= 0.3 is 0 Å². The van der Waals surface area contributed by atoms with Crippen LogP contribution in [0.4, 0.5) is 0 Å². The molecule has 1 fully saturated rings. The van der Waals surface area contributed by atoms with Crippen molar-refractivity contribution in [2.45, 2.75) is 31.7 Å². The van der Waals surface area contributed by atoms with Crippen LogP contribution in [0.5, 0.6) is 0 Å². The van der Waals surface area contributed by atoms with Crippen molar-refractivity contribution in [2.75, 3.05) is 26.2 Å². The molecule has 1 aliphatic heterocycles. The van der Waals surface area contributed by atoms with E-state index in [4.69, 9.17) is 5.73 Å². The molecule has 1 amide bonds. The molecule has 2 rings (SSSR count). The van der Waals surface area contributed by atoms with Crippen LogP contribution in [0.1, 0.15) is 42.2 Å². The number of carbonyl (C=O) groups is 1. The fourth-order valence-electron chi connectivity index (χ4n) is 2.19. The van der Waals surface area contributed by atoms with E-state index >= 15 is 0 Å². The second-order valence-electron chi connectivity index (χ2n) is 4.82. The lowest BCUT2D eigenvalue weighted by atomic mass is 10.1. The molecule has 1 aromatic heterocycles. The van der Waals surface area contributed by atoms with Gasteiger partial charge in [-0.1, -0.05) is 5.21 Å². The molecule has 7 heteroatoms. The fourth-order valence-corrected chi connectivity index (χ4v) is 2.19. The van der Waals surface area contributed by atoms with Crippen LogP contribution in [0, 0.1) is 0 Å². The monoisotopic (exact) mass is 266 g/mol. The Balaban J connectivity index is 1.83. The summed E-state index contributed by atoms with van der Waals surface area (Å²) in [6.07, 6.45) is 5.61. The van der Waals surface area contributed by atoms with Crippen LogP contribution in [0.3, 0.4) is 0 Å². The Hall–Kier alpha value is -1.47. The molecule has 0 saturated carbocycles. The van der Waals surface area contributed by atoms with Gasteiger partial charge in [-0.05, 0) is 45.3 Å². The van der Waals surface area contributed by atoms with Gasteiger partial charge in [0, 0.05) is 6.54 Å². The molecule has 0 unspecified atom stereocenters. The Morgan fingerprint density at radius 2 is 2.26 bits per heavy atom. The van der Waals surface area contributed by atoms with Crippen LogP contribution in [0.2, 0.25) is 0 Å². The highest BCUT2D eigenvalue weighted by atomic mass is 16.2. The van der Waals surface area contributed by atoms with Crippen molar-refractivity contribution in [1.82, 2.24) is 25.6 Å². The van der Waals surface area contributed by atoms with E-state index in [9.17, 15) is 4.79 Å². The average Bonchev–Trinajstić information content (AvgIpc) is 2.94. The van der Waals surface area contributed by atoms with E-state index in [-0.39, 0.29) is 5.91 Å². The highest BCUT2D eigenvalue weighted by molar-refractivity contribution is 5.91. The van der Waals surface area contributed by atoms with E-state index in [0.717, 1.165) is 38.8 Å². The van der Waals surface area contributed by atoms with Gasteiger partial charge in [-0.15, -0.1) is 5.10 Å². The zero-order valence-electron chi connectivity index (χ0n) is 11.1. The van der Waals surface area contributed by atoms with Crippen LogP contribution in [0.15, 0.2) is 6.20 Å². The molecule has 0 aromatic carbocycles. The van der Waals surface area contributed by atoms with Gasteiger partial charge in [0.1, 0.15) is 0 Å². The van der Waals surface area contributed by atoms with E-state index in [1.807, 2.05) is 4.68 Å². The van der Waals surface area contributed by atoms with Crippen LogP contribution in [0.25, 0.3) is 0 Å². The van der Waals surface area contributed by atoms with E-state index in [0.29, 0.717) is 24.8 Å². The molecule has 0 radical (unpaired) electrons. The minimum Gasteiger partial charge on any atom is -0.351 e. The molecule has 1 aromatic rings. The van der Waals surface area contributed by atoms with Crippen molar-refractivity contribution in [3.8, 4) is 0 Å². The van der Waals surface area contributed by atoms with Gasteiger partial charge in [0.2, 0.25) is 0 Å². The topological polar surface area (TPSA) is 97.9 Å². The molecule has 1 aliphatic rings. The number of hydrogen-bond acceptors (Lipinski definition) is 5. The smallest absolute Gasteiger partial charge is 0.273 e. The molecular formula is C12H22N6O. The Labute approximate surface area is 112 Å². The molecule has 106 valence electrons. The molecule has 1 saturated heterocycles. The lowest BCUT2D eigenvalue weighted by molar-refractivity contribution is 0.0948. The van der Waals surface area contributed by atoms with Gasteiger partial charge in [-0.25, -0.2) is 4.68 Å². The summed E-state index contributed by atoms with van der Waals surface area (Å²) in [6.45, 7) is 3.27. The van der Waals surface area contributed by atoms with Gasteiger partial charge in [0.25, 0.3) is 5.91 Å². The summed E-state index contributed by atoms with van der Waals surface area (Å²) in [5.74, 6) is -0.155. The van der Waals surface area contributed by atoms with Gasteiger partial charge in [0.05, 0.1) is 12.2 Å². The SMILES string of the molecule is NCCCCNC(=O)c1cn(C2CCNCC2)nn1. The number of amides is 1. The third kappa shape index (κ3) is 4.00. The third-order valence-electron chi connectivity index (χ3n) is 3.34. The minimum absolute atomic E-state index is 0.155. The number of carbonyl (C=O) groups excluding carboxylic acids is 1. The Morgan fingerprint density at radius 1 is 1.47 bits per heavy atom. The lowest BCUT2D eigenvalue weighted by Crippen LogP contribution is -2.29. The van der Waals surface area contributed by atoms with E-state index in [1.165, 1.54) is 0 Å². The predicted molar refractivity (Wildman–Crippen MR) is 71.8 cm³/mol.